The number of hydrogen-bond donors (Lipinski definition) is 1. The lowest BCUT2D eigenvalue weighted by atomic mass is 10.2. The van der Waals surface area contributed by atoms with E-state index in [1.165, 1.54) is 45.7 Å². The van der Waals surface area contributed by atoms with Crippen LogP contribution in [-0.2, 0) is 14.8 Å². The van der Waals surface area contributed by atoms with Gasteiger partial charge in [-0.15, -0.1) is 0 Å². The Balaban J connectivity index is 1.82. The molecule has 0 saturated heterocycles. The second kappa shape index (κ2) is 13.2. The molecule has 10 nitrogen and oxygen atoms in total. The third kappa shape index (κ3) is 7.04. The fourth-order valence-corrected chi connectivity index (χ4v) is 4.75. The van der Waals surface area contributed by atoms with Crippen LogP contribution in [0.1, 0.15) is 5.56 Å². The molecule has 3 rings (SSSR count). The van der Waals surface area contributed by atoms with E-state index in [0.29, 0.717) is 29.4 Å². The van der Waals surface area contributed by atoms with Crippen LogP contribution in [0.15, 0.2) is 89.4 Å². The standard InChI is InChI=1S/C27H29N3O7S/c1-5-16-37-23-10-6-20(7-11-23)18-28-29-27(31)19-30(21-8-12-22(34-2)13-9-21)38(32,33)24-14-15-25(35-3)26(17-24)36-4/h5-15,17-18H,1,16,19H2,2-4H3,(H,29,31)/b28-18-. The normalized spacial score (nSPS) is 11.0. The molecule has 0 saturated carbocycles. The third-order valence-corrected chi connectivity index (χ3v) is 7.01. The summed E-state index contributed by atoms with van der Waals surface area (Å²) in [5.41, 5.74) is 3.35. The summed E-state index contributed by atoms with van der Waals surface area (Å²) in [4.78, 5) is 12.7. The first-order chi connectivity index (χ1) is 18.3. The molecule has 3 aromatic carbocycles. The number of ether oxygens (including phenoxy) is 4. The number of methoxy groups -OCH3 is 3. The number of nitrogens with one attached hydrogen (secondary N) is 1. The van der Waals surface area contributed by atoms with Gasteiger partial charge in [-0.1, -0.05) is 12.7 Å². The molecule has 11 heteroatoms. The van der Waals surface area contributed by atoms with Gasteiger partial charge in [-0.3, -0.25) is 9.10 Å². The number of carbonyl (C=O) groups excluding carboxylic acids is 1. The van der Waals surface area contributed by atoms with Crippen LogP contribution in [-0.4, -0.2) is 55.0 Å². The van der Waals surface area contributed by atoms with Crippen molar-refractivity contribution in [1.82, 2.24) is 5.43 Å². The zero-order chi connectivity index (χ0) is 27.5. The first-order valence-electron chi connectivity index (χ1n) is 11.4. The first-order valence-corrected chi connectivity index (χ1v) is 12.8. The molecule has 0 unspecified atom stereocenters. The van der Waals surface area contributed by atoms with E-state index in [1.54, 1.807) is 54.6 Å². The minimum atomic E-state index is -4.19. The molecule has 3 aromatic rings. The van der Waals surface area contributed by atoms with Crippen LogP contribution in [0, 0.1) is 0 Å². The molecule has 0 bridgehead atoms. The van der Waals surface area contributed by atoms with Crippen LogP contribution in [0.5, 0.6) is 23.0 Å². The topological polar surface area (TPSA) is 116 Å². The molecule has 200 valence electrons. The second-order valence-corrected chi connectivity index (χ2v) is 9.55. The van der Waals surface area contributed by atoms with E-state index in [2.05, 4.69) is 17.1 Å². The Morgan fingerprint density at radius 1 is 0.921 bits per heavy atom. The highest BCUT2D eigenvalue weighted by Crippen LogP contribution is 2.32. The number of sulfonamides is 1. The predicted octanol–water partition coefficient (Wildman–Crippen LogP) is 3.62. The van der Waals surface area contributed by atoms with Crippen molar-refractivity contribution in [3.63, 3.8) is 0 Å². The highest BCUT2D eigenvalue weighted by molar-refractivity contribution is 7.92. The Bertz CT molecular complexity index is 1370. The first kappa shape index (κ1) is 28.1. The summed E-state index contributed by atoms with van der Waals surface area (Å²) in [7, 11) is 0.163. The van der Waals surface area contributed by atoms with E-state index in [0.717, 1.165) is 4.31 Å². The molecule has 1 amide bonds. The van der Waals surface area contributed by atoms with E-state index in [4.69, 9.17) is 18.9 Å². The van der Waals surface area contributed by atoms with Crippen molar-refractivity contribution in [3.8, 4) is 23.0 Å². The maximum atomic E-state index is 13.7. The van der Waals surface area contributed by atoms with Gasteiger partial charge in [-0.25, -0.2) is 13.8 Å². The molecule has 0 fully saturated rings. The number of hydrazone groups is 1. The number of nitrogens with zero attached hydrogens (tertiary/aromatic N) is 2. The van der Waals surface area contributed by atoms with Gasteiger partial charge in [0, 0.05) is 6.07 Å². The molecule has 0 aromatic heterocycles. The SMILES string of the molecule is C=CCOc1ccc(/C=N\NC(=O)CN(c2ccc(OC)cc2)S(=O)(=O)c2ccc(OC)c(OC)c2)cc1. The largest absolute Gasteiger partial charge is 0.497 e. The Morgan fingerprint density at radius 2 is 1.58 bits per heavy atom. The van der Waals surface area contributed by atoms with E-state index in [-0.39, 0.29) is 16.3 Å². The van der Waals surface area contributed by atoms with Gasteiger partial charge in [-0.2, -0.15) is 5.10 Å². The van der Waals surface area contributed by atoms with Crippen molar-refractivity contribution < 1.29 is 32.2 Å². The lowest BCUT2D eigenvalue weighted by Gasteiger charge is -2.24. The van der Waals surface area contributed by atoms with Crippen LogP contribution in [0.3, 0.4) is 0 Å². The van der Waals surface area contributed by atoms with E-state index in [1.807, 2.05) is 0 Å². The zero-order valence-electron chi connectivity index (χ0n) is 21.3. The minimum absolute atomic E-state index is 0.0824. The number of rotatable bonds is 13. The minimum Gasteiger partial charge on any atom is -0.497 e. The molecule has 0 radical (unpaired) electrons. The van der Waals surface area contributed by atoms with Crippen LogP contribution >= 0.6 is 0 Å². The van der Waals surface area contributed by atoms with Gasteiger partial charge in [0.1, 0.15) is 24.7 Å². The van der Waals surface area contributed by atoms with Gasteiger partial charge in [0.05, 0.1) is 38.1 Å². The summed E-state index contributed by atoms with van der Waals surface area (Å²) in [6.45, 7) is 3.46. The summed E-state index contributed by atoms with van der Waals surface area (Å²) in [6.07, 6.45) is 3.08. The summed E-state index contributed by atoms with van der Waals surface area (Å²) in [6, 6.07) is 17.5. The van der Waals surface area contributed by atoms with Gasteiger partial charge in [0.15, 0.2) is 11.5 Å². The lowest BCUT2D eigenvalue weighted by Crippen LogP contribution is -2.39. The van der Waals surface area contributed by atoms with Crippen molar-refractivity contribution in [2.24, 2.45) is 5.10 Å². The Labute approximate surface area is 222 Å². The summed E-state index contributed by atoms with van der Waals surface area (Å²) in [5.74, 6) is 1.16. The smallest absolute Gasteiger partial charge is 0.264 e. The van der Waals surface area contributed by atoms with Crippen LogP contribution in [0.25, 0.3) is 0 Å². The molecule has 0 heterocycles. The lowest BCUT2D eigenvalue weighted by molar-refractivity contribution is -0.119. The molecule has 0 spiro atoms. The van der Waals surface area contributed by atoms with Crippen LogP contribution < -0.4 is 28.7 Å². The van der Waals surface area contributed by atoms with E-state index in [9.17, 15) is 13.2 Å². The molecular weight excluding hydrogens is 510 g/mol. The average molecular weight is 540 g/mol. The number of benzene rings is 3. The van der Waals surface area contributed by atoms with Gasteiger partial charge < -0.3 is 18.9 Å². The molecule has 0 aliphatic carbocycles. The maximum absolute atomic E-state index is 13.7. The fourth-order valence-electron chi connectivity index (χ4n) is 3.32. The number of hydrogen-bond acceptors (Lipinski definition) is 8. The van der Waals surface area contributed by atoms with Gasteiger partial charge in [0.2, 0.25) is 0 Å². The fraction of sp³-hybridized carbons (Fsp3) is 0.185. The third-order valence-electron chi connectivity index (χ3n) is 5.24. The summed E-state index contributed by atoms with van der Waals surface area (Å²) >= 11 is 0. The molecule has 0 atom stereocenters. The zero-order valence-corrected chi connectivity index (χ0v) is 22.1. The molecule has 0 aliphatic heterocycles. The Hall–Kier alpha value is -4.51. The molecule has 0 aliphatic rings. The number of carbonyl (C=O) groups is 1. The van der Waals surface area contributed by atoms with Crippen molar-refractivity contribution in [2.75, 3.05) is 38.8 Å². The predicted molar refractivity (Wildman–Crippen MR) is 145 cm³/mol. The van der Waals surface area contributed by atoms with Crippen molar-refractivity contribution >= 4 is 27.8 Å². The summed E-state index contributed by atoms with van der Waals surface area (Å²) in [5, 5.41) is 3.95. The van der Waals surface area contributed by atoms with E-state index >= 15 is 0 Å². The maximum Gasteiger partial charge on any atom is 0.264 e. The van der Waals surface area contributed by atoms with Gasteiger partial charge >= 0.3 is 0 Å². The average Bonchev–Trinajstić information content (AvgIpc) is 2.95. The number of amides is 1. The van der Waals surface area contributed by atoms with Crippen molar-refractivity contribution in [3.05, 3.63) is 84.9 Å². The molecular formula is C27H29N3O7S. The second-order valence-electron chi connectivity index (χ2n) is 7.69. The Kier molecular flexibility index (Phi) is 9.72. The van der Waals surface area contributed by atoms with Crippen LogP contribution in [0.4, 0.5) is 5.69 Å². The monoisotopic (exact) mass is 539 g/mol. The van der Waals surface area contributed by atoms with Gasteiger partial charge in [0.25, 0.3) is 15.9 Å². The van der Waals surface area contributed by atoms with Crippen molar-refractivity contribution in [2.45, 2.75) is 4.90 Å². The molecule has 38 heavy (non-hydrogen) atoms. The summed E-state index contributed by atoms with van der Waals surface area (Å²) < 4.78 is 49.3. The highest BCUT2D eigenvalue weighted by Gasteiger charge is 2.28. The van der Waals surface area contributed by atoms with Crippen molar-refractivity contribution in [1.29, 1.82) is 0 Å². The van der Waals surface area contributed by atoms with Gasteiger partial charge in [-0.05, 0) is 66.2 Å². The van der Waals surface area contributed by atoms with Crippen LogP contribution in [0.2, 0.25) is 0 Å². The number of anilines is 1. The quantitative estimate of drug-likeness (QED) is 0.200. The molecule has 1 N–H and O–H groups in total. The Morgan fingerprint density at radius 3 is 2.18 bits per heavy atom. The van der Waals surface area contributed by atoms with E-state index < -0.39 is 22.5 Å². The highest BCUT2D eigenvalue weighted by atomic mass is 32.2.